The van der Waals surface area contributed by atoms with Crippen LogP contribution in [0.5, 0.6) is 11.5 Å². The molecule has 2 aromatic rings. The minimum atomic E-state index is -0.140. The molecule has 1 aromatic heterocycles. The number of rotatable bonds is 1. The Hall–Kier alpha value is -0.940. The molecule has 0 spiro atoms. The molecule has 13 heavy (non-hydrogen) atoms. The van der Waals surface area contributed by atoms with Crippen molar-refractivity contribution < 1.29 is 10.2 Å². The maximum Gasteiger partial charge on any atom is 0.159 e. The van der Waals surface area contributed by atoms with E-state index in [1.807, 2.05) is 0 Å². The van der Waals surface area contributed by atoms with Crippen LogP contribution in [0.15, 0.2) is 16.5 Å². The number of thiazole rings is 1. The maximum atomic E-state index is 9.21. The Bertz CT molecular complexity index is 414. The number of nitrogens with zero attached hydrogens (tertiary/aromatic N) is 1. The number of hydrogen-bond donors (Lipinski definition) is 2. The molecule has 0 amide bonds. The van der Waals surface area contributed by atoms with Crippen LogP contribution in [0.2, 0.25) is 0 Å². The summed E-state index contributed by atoms with van der Waals surface area (Å²) in [7, 11) is 0. The summed E-state index contributed by atoms with van der Waals surface area (Å²) in [6.07, 6.45) is 3.64. The van der Waals surface area contributed by atoms with Gasteiger partial charge in [0.2, 0.25) is 0 Å². The fourth-order valence-corrected chi connectivity index (χ4v) is 2.37. The van der Waals surface area contributed by atoms with Gasteiger partial charge in [-0.25, -0.2) is 4.98 Å². The van der Waals surface area contributed by atoms with E-state index in [0.29, 0.717) is 5.52 Å². The molecule has 2 rings (SSSR count). The van der Waals surface area contributed by atoms with Crippen LogP contribution in [0.1, 0.15) is 0 Å². The Kier molecular flexibility index (Phi) is 2.05. The van der Waals surface area contributed by atoms with Gasteiger partial charge < -0.3 is 10.2 Å². The zero-order chi connectivity index (χ0) is 9.42. The average molecular weight is 212 g/mol. The SMILES string of the molecule is [CH2]Sc1nc2cc(O)c(O)cc2s1. The van der Waals surface area contributed by atoms with Gasteiger partial charge in [-0.15, -0.1) is 11.3 Å². The second kappa shape index (κ2) is 3.08. The van der Waals surface area contributed by atoms with Crippen LogP contribution in [0.3, 0.4) is 0 Å². The number of fused-ring (bicyclic) bond motifs is 1. The Balaban J connectivity index is 2.70. The van der Waals surface area contributed by atoms with E-state index in [1.54, 1.807) is 0 Å². The van der Waals surface area contributed by atoms with Crippen molar-refractivity contribution in [3.63, 3.8) is 0 Å². The number of aromatic hydroxyl groups is 2. The minimum Gasteiger partial charge on any atom is -0.504 e. The summed E-state index contributed by atoms with van der Waals surface area (Å²) in [6, 6.07) is 2.95. The first-order valence-electron chi connectivity index (χ1n) is 3.45. The smallest absolute Gasteiger partial charge is 0.159 e. The third-order valence-corrected chi connectivity index (χ3v) is 3.34. The average Bonchev–Trinajstić information content (AvgIpc) is 2.48. The third-order valence-electron chi connectivity index (χ3n) is 1.59. The monoisotopic (exact) mass is 212 g/mol. The first-order valence-corrected chi connectivity index (χ1v) is 5.25. The van der Waals surface area contributed by atoms with Crippen LogP contribution in [-0.4, -0.2) is 15.2 Å². The van der Waals surface area contributed by atoms with Gasteiger partial charge in [-0.3, -0.25) is 0 Å². The van der Waals surface area contributed by atoms with E-state index in [9.17, 15) is 10.2 Å². The first-order chi connectivity index (χ1) is 6.20. The van der Waals surface area contributed by atoms with E-state index >= 15 is 0 Å². The van der Waals surface area contributed by atoms with Crippen LogP contribution in [0.25, 0.3) is 10.2 Å². The highest BCUT2D eigenvalue weighted by Gasteiger charge is 2.07. The van der Waals surface area contributed by atoms with Crippen molar-refractivity contribution in [1.82, 2.24) is 4.98 Å². The lowest BCUT2D eigenvalue weighted by atomic mass is 10.3. The van der Waals surface area contributed by atoms with E-state index < -0.39 is 0 Å². The maximum absolute atomic E-state index is 9.21. The molecule has 67 valence electrons. The number of benzene rings is 1. The van der Waals surface area contributed by atoms with Crippen LogP contribution in [0.4, 0.5) is 0 Å². The molecule has 2 N–H and O–H groups in total. The van der Waals surface area contributed by atoms with Gasteiger partial charge in [-0.1, -0.05) is 11.8 Å². The normalized spacial score (nSPS) is 10.8. The van der Waals surface area contributed by atoms with Crippen LogP contribution < -0.4 is 0 Å². The van der Waals surface area contributed by atoms with Crippen LogP contribution in [0, 0.1) is 6.26 Å². The molecule has 0 atom stereocenters. The van der Waals surface area contributed by atoms with Gasteiger partial charge in [-0.2, -0.15) is 0 Å². The highest BCUT2D eigenvalue weighted by Crippen LogP contribution is 2.35. The topological polar surface area (TPSA) is 53.4 Å². The second-order valence-corrected chi connectivity index (χ2v) is 4.40. The molecule has 0 aliphatic heterocycles. The summed E-state index contributed by atoms with van der Waals surface area (Å²) < 4.78 is 1.67. The quantitative estimate of drug-likeness (QED) is 0.563. The van der Waals surface area contributed by atoms with Crippen LogP contribution in [-0.2, 0) is 0 Å². The van der Waals surface area contributed by atoms with Crippen molar-refractivity contribution >= 4 is 33.3 Å². The van der Waals surface area contributed by atoms with Crippen molar-refractivity contribution in [2.24, 2.45) is 0 Å². The molecule has 0 fully saturated rings. The fraction of sp³-hybridized carbons (Fsp3) is 0. The molecule has 0 aliphatic carbocycles. The summed E-state index contributed by atoms with van der Waals surface area (Å²) in [5, 5.41) is 18.4. The van der Waals surface area contributed by atoms with Gasteiger partial charge in [0.25, 0.3) is 0 Å². The zero-order valence-corrected chi connectivity index (χ0v) is 8.15. The van der Waals surface area contributed by atoms with Gasteiger partial charge in [0.15, 0.2) is 15.8 Å². The molecule has 5 heteroatoms. The van der Waals surface area contributed by atoms with Crippen molar-refractivity contribution in [2.45, 2.75) is 4.34 Å². The largest absolute Gasteiger partial charge is 0.504 e. The van der Waals surface area contributed by atoms with Gasteiger partial charge >= 0.3 is 0 Å². The number of hydrogen-bond acceptors (Lipinski definition) is 5. The number of phenols is 2. The molecule has 3 nitrogen and oxygen atoms in total. The number of thioether (sulfide) groups is 1. The summed E-state index contributed by atoms with van der Waals surface area (Å²) in [5.41, 5.74) is 0.687. The standard InChI is InChI=1S/C8H6NO2S2/c1-12-8-9-4-2-5(10)6(11)3-7(4)13-8/h2-3,10-11H,1H2. The molecule has 1 aromatic carbocycles. The predicted molar refractivity (Wildman–Crippen MR) is 54.2 cm³/mol. The van der Waals surface area contributed by atoms with Crippen molar-refractivity contribution in [1.29, 1.82) is 0 Å². The summed E-state index contributed by atoms with van der Waals surface area (Å²) in [4.78, 5) is 4.18. The van der Waals surface area contributed by atoms with Gasteiger partial charge in [0.05, 0.1) is 10.2 Å². The molecular weight excluding hydrogens is 206 g/mol. The molecule has 0 saturated heterocycles. The van der Waals surface area contributed by atoms with Crippen LogP contribution >= 0.6 is 23.1 Å². The lowest BCUT2D eigenvalue weighted by molar-refractivity contribution is 0.405. The van der Waals surface area contributed by atoms with Gasteiger partial charge in [-0.05, 0) is 0 Å². The molecule has 1 radical (unpaired) electrons. The number of aromatic nitrogens is 1. The predicted octanol–water partition coefficient (Wildman–Crippen LogP) is 2.59. The minimum absolute atomic E-state index is 0.114. The molecule has 1 heterocycles. The lowest BCUT2D eigenvalue weighted by Crippen LogP contribution is -1.70. The Labute approximate surface area is 83.0 Å². The van der Waals surface area contributed by atoms with Gasteiger partial charge in [0.1, 0.15) is 0 Å². The molecule has 0 saturated carbocycles. The molecule has 0 unspecified atom stereocenters. The van der Waals surface area contributed by atoms with E-state index in [4.69, 9.17) is 0 Å². The summed E-state index contributed by atoms with van der Waals surface area (Å²) >= 11 is 2.74. The summed E-state index contributed by atoms with van der Waals surface area (Å²) in [6.45, 7) is 0. The molecular formula is C8H6NO2S2. The number of phenolic OH excluding ortho intramolecular Hbond substituents is 2. The fourth-order valence-electron chi connectivity index (χ4n) is 0.993. The molecule has 0 aliphatic rings. The van der Waals surface area contributed by atoms with Crippen molar-refractivity contribution in [3.05, 3.63) is 18.4 Å². The Morgan fingerprint density at radius 2 is 2.00 bits per heavy atom. The van der Waals surface area contributed by atoms with Crippen molar-refractivity contribution in [2.75, 3.05) is 0 Å². The third kappa shape index (κ3) is 1.45. The molecule has 0 bridgehead atoms. The van der Waals surface area contributed by atoms with E-state index in [-0.39, 0.29) is 11.5 Å². The summed E-state index contributed by atoms with van der Waals surface area (Å²) in [5.74, 6) is -0.254. The van der Waals surface area contributed by atoms with E-state index in [0.717, 1.165) is 9.04 Å². The second-order valence-electron chi connectivity index (χ2n) is 2.43. The Morgan fingerprint density at radius 3 is 2.69 bits per heavy atom. The Morgan fingerprint density at radius 1 is 1.31 bits per heavy atom. The zero-order valence-electron chi connectivity index (χ0n) is 6.52. The lowest BCUT2D eigenvalue weighted by Gasteiger charge is -1.94. The van der Waals surface area contributed by atoms with Crippen molar-refractivity contribution in [3.8, 4) is 11.5 Å². The highest BCUT2D eigenvalue weighted by molar-refractivity contribution is 8.02. The highest BCUT2D eigenvalue weighted by atomic mass is 32.2. The van der Waals surface area contributed by atoms with E-state index in [2.05, 4.69) is 11.2 Å². The van der Waals surface area contributed by atoms with Gasteiger partial charge in [0, 0.05) is 18.4 Å². The first kappa shape index (κ1) is 8.65. The van der Waals surface area contributed by atoms with E-state index in [1.165, 1.54) is 35.2 Å².